The Bertz CT molecular complexity index is 1060. The smallest absolute Gasteiger partial charge is 0.251 e. The number of Topliss-reactive ketones (excluding diaryl/α,β-unsaturated/α-hetero) is 1. The molecule has 1 aliphatic rings. The molecule has 1 aliphatic heterocycles. The predicted molar refractivity (Wildman–Crippen MR) is 134 cm³/mol. The van der Waals surface area contributed by atoms with E-state index in [1.165, 1.54) is 17.0 Å². The first kappa shape index (κ1) is 29.2. The maximum absolute atomic E-state index is 13.5. The number of ketones is 1. The summed E-state index contributed by atoms with van der Waals surface area (Å²) in [5, 5.41) is 24.1. The van der Waals surface area contributed by atoms with E-state index in [4.69, 9.17) is 16.4 Å². The highest BCUT2D eigenvalue weighted by molar-refractivity contribution is 5.99. The molecule has 0 bridgehead atoms. The number of nitriles is 1. The van der Waals surface area contributed by atoms with Crippen molar-refractivity contribution >= 4 is 29.5 Å². The third-order valence-electron chi connectivity index (χ3n) is 6.13. The van der Waals surface area contributed by atoms with Crippen LogP contribution in [0.15, 0.2) is 24.3 Å². The van der Waals surface area contributed by atoms with Crippen LogP contribution in [0.2, 0.25) is 0 Å². The van der Waals surface area contributed by atoms with E-state index in [1.807, 2.05) is 6.07 Å². The molecule has 11 nitrogen and oxygen atoms in total. The fourth-order valence-electron chi connectivity index (χ4n) is 4.15. The van der Waals surface area contributed by atoms with Crippen molar-refractivity contribution in [1.82, 2.24) is 20.9 Å². The van der Waals surface area contributed by atoms with Gasteiger partial charge in [-0.2, -0.15) is 5.26 Å². The Morgan fingerprint density at radius 3 is 2.62 bits per heavy atom. The summed E-state index contributed by atoms with van der Waals surface area (Å²) >= 11 is 0. The number of rotatable bonds is 12. The Labute approximate surface area is 215 Å². The molecule has 1 aromatic rings. The van der Waals surface area contributed by atoms with Gasteiger partial charge in [-0.15, -0.1) is 0 Å². The number of carbonyl (C=O) groups excluding carboxylic acids is 4. The maximum atomic E-state index is 13.5. The molecule has 200 valence electrons. The van der Waals surface area contributed by atoms with Gasteiger partial charge in [0.15, 0.2) is 11.7 Å². The summed E-state index contributed by atoms with van der Waals surface area (Å²) in [6.45, 7) is 2.87. The molecule has 37 heavy (non-hydrogen) atoms. The zero-order valence-corrected chi connectivity index (χ0v) is 21.1. The molecule has 3 amide bonds. The molecule has 0 aromatic heterocycles. The second-order valence-electron chi connectivity index (χ2n) is 9.22. The van der Waals surface area contributed by atoms with Crippen molar-refractivity contribution in [2.45, 2.75) is 57.7 Å². The van der Waals surface area contributed by atoms with Crippen LogP contribution >= 0.6 is 0 Å². The van der Waals surface area contributed by atoms with Crippen molar-refractivity contribution in [1.29, 1.82) is 10.7 Å². The minimum Gasteiger partial charge on any atom is -0.370 e. The summed E-state index contributed by atoms with van der Waals surface area (Å²) < 4.78 is 13.1. The normalized spacial score (nSPS) is 16.4. The average molecular weight is 516 g/mol. The minimum atomic E-state index is -1.24. The number of likely N-dealkylation sites (tertiary alicyclic amines) is 1. The Balaban J connectivity index is 2.10. The summed E-state index contributed by atoms with van der Waals surface area (Å²) in [7, 11) is 0. The molecule has 2 rings (SSSR count). The Morgan fingerprint density at radius 2 is 2.00 bits per heavy atom. The lowest BCUT2D eigenvalue weighted by Gasteiger charge is -2.31. The number of nitrogens with one attached hydrogen (secondary N) is 4. The maximum Gasteiger partial charge on any atom is 0.251 e. The molecule has 3 atom stereocenters. The number of benzene rings is 1. The van der Waals surface area contributed by atoms with E-state index in [2.05, 4.69) is 16.0 Å². The van der Waals surface area contributed by atoms with Gasteiger partial charge in [-0.3, -0.25) is 24.6 Å². The second kappa shape index (κ2) is 13.9. The zero-order valence-electron chi connectivity index (χ0n) is 21.1. The van der Waals surface area contributed by atoms with Gasteiger partial charge in [-0.05, 0) is 49.8 Å². The molecule has 0 aliphatic carbocycles. The lowest BCUT2D eigenvalue weighted by Crippen LogP contribution is -2.56. The number of nitrogens with zero attached hydrogens (tertiary/aromatic N) is 2. The summed E-state index contributed by atoms with van der Waals surface area (Å²) in [4.78, 5) is 52.8. The quantitative estimate of drug-likeness (QED) is 0.153. The van der Waals surface area contributed by atoms with Gasteiger partial charge in [0.2, 0.25) is 11.8 Å². The number of guanidine groups is 1. The van der Waals surface area contributed by atoms with Crippen LogP contribution < -0.4 is 21.7 Å². The van der Waals surface area contributed by atoms with Crippen LogP contribution in [0.5, 0.6) is 0 Å². The van der Waals surface area contributed by atoms with Crippen LogP contribution in [0.1, 0.15) is 55.5 Å². The second-order valence-corrected chi connectivity index (χ2v) is 9.22. The monoisotopic (exact) mass is 515 g/mol. The highest BCUT2D eigenvalue weighted by Crippen LogP contribution is 2.21. The van der Waals surface area contributed by atoms with Crippen molar-refractivity contribution in [3.63, 3.8) is 0 Å². The number of nitrogens with two attached hydrogens (primary N) is 1. The lowest BCUT2D eigenvalue weighted by atomic mass is 10.0. The van der Waals surface area contributed by atoms with E-state index >= 15 is 0 Å². The van der Waals surface area contributed by atoms with Crippen LogP contribution in [0, 0.1) is 22.7 Å². The predicted octanol–water partition coefficient (Wildman–Crippen LogP) is 0.590. The number of hydrogen-bond acceptors (Lipinski definition) is 6. The Hall–Kier alpha value is -4.01. The van der Waals surface area contributed by atoms with Crippen LogP contribution in [-0.4, -0.2) is 72.3 Å². The number of alkyl halides is 1. The average Bonchev–Trinajstić information content (AvgIpc) is 3.37. The van der Waals surface area contributed by atoms with E-state index < -0.39 is 48.3 Å². The molecule has 1 aromatic carbocycles. The van der Waals surface area contributed by atoms with Crippen molar-refractivity contribution in [3.8, 4) is 6.07 Å². The molecule has 0 radical (unpaired) electrons. The highest BCUT2D eigenvalue weighted by Gasteiger charge is 2.39. The van der Waals surface area contributed by atoms with Gasteiger partial charge in [0, 0.05) is 18.7 Å². The SMILES string of the molecule is CC(C)C(NC(=O)c1cccc(C#N)c1)C(=O)N1CCC[C@H]1C(=O)NC(CCCNC(=N)N)C(=O)CF. The fourth-order valence-corrected chi connectivity index (χ4v) is 4.15. The van der Waals surface area contributed by atoms with Gasteiger partial charge in [-0.1, -0.05) is 19.9 Å². The summed E-state index contributed by atoms with van der Waals surface area (Å²) in [6, 6.07) is 5.22. The van der Waals surface area contributed by atoms with E-state index in [-0.39, 0.29) is 30.4 Å². The summed E-state index contributed by atoms with van der Waals surface area (Å²) in [5.41, 5.74) is 5.77. The molecular formula is C25H34FN7O4. The van der Waals surface area contributed by atoms with Crippen molar-refractivity contribution in [2.24, 2.45) is 11.7 Å². The lowest BCUT2D eigenvalue weighted by molar-refractivity contribution is -0.141. The van der Waals surface area contributed by atoms with Crippen LogP contribution in [0.25, 0.3) is 0 Å². The van der Waals surface area contributed by atoms with Crippen molar-refractivity contribution in [2.75, 3.05) is 19.8 Å². The molecule has 2 unspecified atom stereocenters. The van der Waals surface area contributed by atoms with Gasteiger partial charge >= 0.3 is 0 Å². The molecule has 0 spiro atoms. The van der Waals surface area contributed by atoms with Crippen LogP contribution in [0.3, 0.4) is 0 Å². The number of halogens is 1. The van der Waals surface area contributed by atoms with E-state index in [9.17, 15) is 23.6 Å². The third kappa shape index (κ3) is 8.27. The van der Waals surface area contributed by atoms with E-state index in [0.717, 1.165) is 0 Å². The van der Waals surface area contributed by atoms with Gasteiger partial charge in [0.25, 0.3) is 5.91 Å². The van der Waals surface area contributed by atoms with Crippen molar-refractivity contribution in [3.05, 3.63) is 35.4 Å². The van der Waals surface area contributed by atoms with E-state index in [1.54, 1.807) is 26.0 Å². The van der Waals surface area contributed by atoms with Gasteiger partial charge < -0.3 is 26.6 Å². The molecule has 1 heterocycles. The first-order valence-corrected chi connectivity index (χ1v) is 12.2. The largest absolute Gasteiger partial charge is 0.370 e. The number of amides is 3. The summed E-state index contributed by atoms with van der Waals surface area (Å²) in [6.07, 6.45) is 1.42. The summed E-state index contributed by atoms with van der Waals surface area (Å²) in [5.74, 6) is -2.82. The van der Waals surface area contributed by atoms with Gasteiger partial charge in [0.05, 0.1) is 17.7 Å². The molecule has 1 fully saturated rings. The Kier molecular flexibility index (Phi) is 11.0. The van der Waals surface area contributed by atoms with Gasteiger partial charge in [0.1, 0.15) is 18.8 Å². The number of hydrogen-bond donors (Lipinski definition) is 5. The fraction of sp³-hybridized carbons (Fsp3) is 0.520. The standard InChI is InChI=1S/C25H34FN7O4/c1-15(2)21(32-22(35)17-7-3-6-16(12-17)14-27)24(37)33-11-5-9-19(33)23(36)31-18(20(34)13-26)8-4-10-30-25(28)29/h3,6-7,12,15,18-19,21H,4-5,8-11,13H2,1-2H3,(H,31,36)(H,32,35)(H4,28,29,30)/t18?,19-,21?/m0/s1. The third-order valence-corrected chi connectivity index (χ3v) is 6.13. The first-order chi connectivity index (χ1) is 17.6. The van der Waals surface area contributed by atoms with Gasteiger partial charge in [-0.25, -0.2) is 4.39 Å². The van der Waals surface area contributed by atoms with Crippen molar-refractivity contribution < 1.29 is 23.6 Å². The zero-order chi connectivity index (χ0) is 27.5. The molecular weight excluding hydrogens is 481 g/mol. The highest BCUT2D eigenvalue weighted by atomic mass is 19.1. The Morgan fingerprint density at radius 1 is 1.27 bits per heavy atom. The number of carbonyl (C=O) groups is 4. The minimum absolute atomic E-state index is 0.141. The first-order valence-electron chi connectivity index (χ1n) is 12.2. The topological polar surface area (TPSA) is 181 Å². The van der Waals surface area contributed by atoms with Crippen LogP contribution in [-0.2, 0) is 14.4 Å². The molecule has 0 saturated carbocycles. The van der Waals surface area contributed by atoms with Crippen LogP contribution in [0.4, 0.5) is 4.39 Å². The van der Waals surface area contributed by atoms with E-state index in [0.29, 0.717) is 31.4 Å². The molecule has 1 saturated heterocycles. The molecule has 12 heteroatoms. The molecule has 6 N–H and O–H groups in total.